The summed E-state index contributed by atoms with van der Waals surface area (Å²) in [5.41, 5.74) is 0. The molecule has 0 aliphatic carbocycles. The van der Waals surface area contributed by atoms with Crippen molar-refractivity contribution >= 4 is 33.3 Å². The van der Waals surface area contributed by atoms with E-state index in [1.54, 1.807) is 11.3 Å². The third kappa shape index (κ3) is 2.21. The van der Waals surface area contributed by atoms with Crippen LogP contribution < -0.4 is 3.58 Å². The Hall–Kier alpha value is -0.0113. The van der Waals surface area contributed by atoms with Gasteiger partial charge in [0.15, 0.2) is 0 Å². The summed E-state index contributed by atoms with van der Waals surface area (Å²) in [7, 11) is 0. The van der Waals surface area contributed by atoms with Gasteiger partial charge in [0.05, 0.1) is 0 Å². The van der Waals surface area contributed by atoms with Gasteiger partial charge in [-0.3, -0.25) is 0 Å². The molecule has 0 unspecified atom stereocenters. The predicted octanol–water partition coefficient (Wildman–Crippen LogP) is 2.16. The van der Waals surface area contributed by atoms with Gasteiger partial charge in [0.1, 0.15) is 0 Å². The molecule has 1 rings (SSSR count). The molecule has 0 aliphatic rings. The Morgan fingerprint density at radius 1 is 1.45 bits per heavy atom. The molecule has 0 saturated carbocycles. The van der Waals surface area contributed by atoms with Crippen molar-refractivity contribution in [3.63, 3.8) is 0 Å². The summed E-state index contributed by atoms with van der Waals surface area (Å²) >= 11 is -0.289. The number of hydrogen-bond donors (Lipinski definition) is 0. The van der Waals surface area contributed by atoms with Gasteiger partial charge in [0.25, 0.3) is 0 Å². The molecule has 1 heterocycles. The Morgan fingerprint density at radius 3 is 2.36 bits per heavy atom. The van der Waals surface area contributed by atoms with Crippen LogP contribution in [0.3, 0.4) is 0 Å². The molecule has 0 fully saturated rings. The third-order valence-corrected chi connectivity index (χ3v) is 8.78. The van der Waals surface area contributed by atoms with Crippen molar-refractivity contribution in [3.8, 4) is 6.07 Å². The van der Waals surface area contributed by atoms with Gasteiger partial charge in [-0.25, -0.2) is 0 Å². The zero-order valence-electron chi connectivity index (χ0n) is 7.01. The van der Waals surface area contributed by atoms with E-state index < -0.39 is 18.4 Å². The van der Waals surface area contributed by atoms with Crippen LogP contribution in [0.25, 0.3) is 0 Å². The molecule has 3 heteroatoms. The number of rotatable bonds is 1. The standard InChI is InChI=1S/C5H2NS.3CH3.Sn/c6-4-5-2-1-3-7-5;;;;/h2-3H;3*1H3;. The van der Waals surface area contributed by atoms with Gasteiger partial charge in [-0.1, -0.05) is 0 Å². The van der Waals surface area contributed by atoms with Gasteiger partial charge in [0, 0.05) is 0 Å². The molecular formula is C8H11NSSn. The van der Waals surface area contributed by atoms with E-state index in [-0.39, 0.29) is 0 Å². The Morgan fingerprint density at radius 2 is 2.09 bits per heavy atom. The molecule has 0 radical (unpaired) electrons. The molecule has 0 amide bonds. The first-order chi connectivity index (χ1) is 5.04. The Balaban J connectivity index is 3.01. The minimum atomic E-state index is -1.86. The molecular weight excluding hydrogens is 261 g/mol. The van der Waals surface area contributed by atoms with Crippen molar-refractivity contribution in [3.05, 3.63) is 16.3 Å². The molecule has 0 bridgehead atoms. The Labute approximate surface area is 75.5 Å². The molecule has 1 aromatic heterocycles. The number of hydrogen-bond acceptors (Lipinski definition) is 2. The molecule has 11 heavy (non-hydrogen) atoms. The van der Waals surface area contributed by atoms with Crippen LogP contribution in [0.2, 0.25) is 14.8 Å². The maximum atomic E-state index is 8.60. The van der Waals surface area contributed by atoms with Crippen LogP contribution in [0.15, 0.2) is 11.4 Å². The summed E-state index contributed by atoms with van der Waals surface area (Å²) in [4.78, 5) is 7.93. The van der Waals surface area contributed by atoms with Crippen molar-refractivity contribution in [2.45, 2.75) is 14.8 Å². The fourth-order valence-corrected chi connectivity index (χ4v) is 7.19. The SMILES string of the molecule is [CH3][Sn]([CH3])([CH3])[c]1csc(C#N)c1. The van der Waals surface area contributed by atoms with Crippen LogP contribution in [0.4, 0.5) is 0 Å². The second kappa shape index (κ2) is 3.16. The molecule has 0 saturated heterocycles. The molecule has 0 N–H and O–H groups in total. The fraction of sp³-hybridized carbons (Fsp3) is 0.375. The van der Waals surface area contributed by atoms with Crippen molar-refractivity contribution in [2.24, 2.45) is 0 Å². The third-order valence-electron chi connectivity index (χ3n) is 1.58. The zero-order chi connectivity index (χ0) is 8.48. The quantitative estimate of drug-likeness (QED) is 0.719. The van der Waals surface area contributed by atoms with Crippen molar-refractivity contribution in [1.82, 2.24) is 0 Å². The second-order valence-corrected chi connectivity index (χ2v) is 19.0. The zero-order valence-corrected chi connectivity index (χ0v) is 10.7. The fourth-order valence-electron chi connectivity index (χ4n) is 0.788. The van der Waals surface area contributed by atoms with E-state index in [1.165, 1.54) is 3.58 Å². The van der Waals surface area contributed by atoms with E-state index >= 15 is 0 Å². The average Bonchev–Trinajstić information content (AvgIpc) is 2.32. The van der Waals surface area contributed by atoms with Crippen molar-refractivity contribution in [1.29, 1.82) is 5.26 Å². The molecule has 0 aliphatic heterocycles. The van der Waals surface area contributed by atoms with E-state index in [1.807, 2.05) is 0 Å². The maximum absolute atomic E-state index is 8.60. The summed E-state index contributed by atoms with van der Waals surface area (Å²) in [6, 6.07) is 4.23. The van der Waals surface area contributed by atoms with E-state index in [0.717, 1.165) is 4.88 Å². The Kier molecular flexibility index (Phi) is 2.61. The normalized spacial score (nSPS) is 11.1. The van der Waals surface area contributed by atoms with Gasteiger partial charge < -0.3 is 0 Å². The van der Waals surface area contributed by atoms with Gasteiger partial charge >= 0.3 is 75.8 Å². The first kappa shape index (κ1) is 9.08. The second-order valence-electron chi connectivity index (χ2n) is 3.56. The van der Waals surface area contributed by atoms with Crippen LogP contribution >= 0.6 is 11.3 Å². The van der Waals surface area contributed by atoms with Crippen molar-refractivity contribution < 1.29 is 0 Å². The van der Waals surface area contributed by atoms with Crippen LogP contribution in [-0.2, 0) is 0 Å². The average molecular weight is 272 g/mol. The van der Waals surface area contributed by atoms with Crippen LogP contribution in [0.5, 0.6) is 0 Å². The molecule has 0 aromatic carbocycles. The van der Waals surface area contributed by atoms with Crippen LogP contribution in [-0.4, -0.2) is 18.4 Å². The Bertz CT molecular complexity index is 290. The summed E-state index contributed by atoms with van der Waals surface area (Å²) in [6.45, 7) is 0. The minimum absolute atomic E-state index is 0.853. The van der Waals surface area contributed by atoms with E-state index in [4.69, 9.17) is 5.26 Å². The van der Waals surface area contributed by atoms with Crippen LogP contribution in [0.1, 0.15) is 4.88 Å². The number of thiophene rings is 1. The van der Waals surface area contributed by atoms with E-state index in [9.17, 15) is 0 Å². The van der Waals surface area contributed by atoms with E-state index in [0.29, 0.717) is 0 Å². The molecule has 0 spiro atoms. The summed E-state index contributed by atoms with van der Waals surface area (Å²) in [5, 5.41) is 10.7. The van der Waals surface area contributed by atoms with Gasteiger partial charge in [-0.2, -0.15) is 0 Å². The predicted molar refractivity (Wildman–Crippen MR) is 52.0 cm³/mol. The van der Waals surface area contributed by atoms with Crippen LogP contribution in [0, 0.1) is 11.3 Å². The summed E-state index contributed by atoms with van der Waals surface area (Å²) < 4.78 is 1.46. The number of nitriles is 1. The van der Waals surface area contributed by atoms with Gasteiger partial charge in [0.2, 0.25) is 0 Å². The monoisotopic (exact) mass is 273 g/mol. The van der Waals surface area contributed by atoms with Crippen molar-refractivity contribution in [2.75, 3.05) is 0 Å². The molecule has 1 aromatic rings. The topological polar surface area (TPSA) is 23.8 Å². The first-order valence-corrected chi connectivity index (χ1v) is 14.4. The molecule has 58 valence electrons. The summed E-state index contributed by atoms with van der Waals surface area (Å²) in [6.07, 6.45) is 0. The summed E-state index contributed by atoms with van der Waals surface area (Å²) in [5.74, 6) is 0. The molecule has 1 nitrogen and oxygen atoms in total. The van der Waals surface area contributed by atoms with Gasteiger partial charge in [-0.15, -0.1) is 0 Å². The van der Waals surface area contributed by atoms with Gasteiger partial charge in [-0.05, 0) is 0 Å². The number of nitrogens with zero attached hydrogens (tertiary/aromatic N) is 1. The first-order valence-electron chi connectivity index (χ1n) is 3.53. The van der Waals surface area contributed by atoms with E-state index in [2.05, 4.69) is 32.3 Å². The molecule has 0 atom stereocenters.